The van der Waals surface area contributed by atoms with E-state index in [0.717, 1.165) is 67.6 Å². The lowest BCUT2D eigenvalue weighted by molar-refractivity contribution is 0.381. The van der Waals surface area contributed by atoms with Crippen molar-refractivity contribution >= 4 is 34.4 Å². The summed E-state index contributed by atoms with van der Waals surface area (Å²) >= 11 is 5.59. The van der Waals surface area contributed by atoms with Crippen molar-refractivity contribution in [1.29, 1.82) is 0 Å². The van der Waals surface area contributed by atoms with Crippen LogP contribution in [0.1, 0.15) is 19.0 Å². The van der Waals surface area contributed by atoms with Crippen LogP contribution in [0, 0.1) is 0 Å². The van der Waals surface area contributed by atoms with Gasteiger partial charge in [-0.15, -0.1) is 0 Å². The summed E-state index contributed by atoms with van der Waals surface area (Å²) in [6.45, 7) is 10.2. The Morgan fingerprint density at radius 2 is 1.97 bits per heavy atom. The number of benzene rings is 1. The molecule has 0 spiro atoms. The minimum Gasteiger partial charge on any atom is -0.508 e. The van der Waals surface area contributed by atoms with Crippen LogP contribution in [0.4, 0.5) is 11.4 Å². The summed E-state index contributed by atoms with van der Waals surface area (Å²) in [6, 6.07) is 11.3. The third-order valence-corrected chi connectivity index (χ3v) is 5.78. The van der Waals surface area contributed by atoms with Crippen molar-refractivity contribution in [3.05, 3.63) is 60.6 Å². The van der Waals surface area contributed by atoms with E-state index >= 15 is 0 Å². The number of aromatic hydroxyl groups is 1. The number of allylic oxidation sites excluding steroid dienone is 1. The maximum absolute atomic E-state index is 9.70. The highest BCUT2D eigenvalue weighted by atomic mass is 32.1. The first-order valence-electron chi connectivity index (χ1n) is 10.1. The number of hydrogen-bond donors (Lipinski definition) is 2. The van der Waals surface area contributed by atoms with Crippen LogP contribution in [0.15, 0.2) is 60.0 Å². The molecule has 2 aliphatic rings. The van der Waals surface area contributed by atoms with E-state index in [9.17, 15) is 5.11 Å². The smallest absolute Gasteiger partial charge is 0.189 e. The van der Waals surface area contributed by atoms with Gasteiger partial charge in [-0.25, -0.2) is 0 Å². The van der Waals surface area contributed by atoms with Gasteiger partial charge < -0.3 is 19.8 Å². The number of piperazine rings is 1. The quantitative estimate of drug-likeness (QED) is 0.582. The monoisotopic (exact) mass is 422 g/mol. The lowest BCUT2D eigenvalue weighted by Gasteiger charge is -2.37. The van der Waals surface area contributed by atoms with Gasteiger partial charge in [0.25, 0.3) is 0 Å². The molecule has 1 aromatic heterocycles. The number of aromatic nitrogens is 1. The molecule has 4 rings (SSSR count). The second kappa shape index (κ2) is 8.71. The second-order valence-corrected chi connectivity index (χ2v) is 7.86. The van der Waals surface area contributed by atoms with Crippen molar-refractivity contribution in [1.82, 2.24) is 15.3 Å². The number of rotatable bonds is 3. The fourth-order valence-corrected chi connectivity index (χ4v) is 4.07. The molecule has 30 heavy (non-hydrogen) atoms. The third-order valence-electron chi connectivity index (χ3n) is 5.43. The van der Waals surface area contributed by atoms with Crippen LogP contribution in [-0.2, 0) is 0 Å². The number of thiocarbonyl (C=S) groups is 1. The summed E-state index contributed by atoms with van der Waals surface area (Å²) in [5, 5.41) is 14.9. The number of phenols is 1. The molecule has 2 aromatic rings. The van der Waals surface area contributed by atoms with Crippen molar-refractivity contribution in [2.75, 3.05) is 42.5 Å². The molecule has 2 aliphatic heterocycles. The average Bonchev–Trinajstić information content (AvgIpc) is 2.77. The molecular weight excluding hydrogens is 396 g/mol. The summed E-state index contributed by atoms with van der Waals surface area (Å²) in [5.74, 6) is 0.287. The van der Waals surface area contributed by atoms with Gasteiger partial charge in [0.05, 0.1) is 11.4 Å². The van der Waals surface area contributed by atoms with Gasteiger partial charge in [0.1, 0.15) is 11.4 Å². The minimum atomic E-state index is 0.287. The van der Waals surface area contributed by atoms with Gasteiger partial charge in [-0.2, -0.15) is 5.10 Å². The Hall–Kier alpha value is -3.13. The Bertz CT molecular complexity index is 983. The lowest BCUT2D eigenvalue weighted by Crippen LogP contribution is -2.51. The molecule has 7 nitrogen and oxygen atoms in total. The maximum Gasteiger partial charge on any atom is 0.189 e. The normalized spacial score (nSPS) is 17.6. The molecule has 0 amide bonds. The SMILES string of the molecule is C=C(C)N1CC/C(=N/NC(=S)N2CCN(c3cccc(O)c3)CC2)c2ncccc21. The zero-order chi connectivity index (χ0) is 21.1. The number of anilines is 2. The van der Waals surface area contributed by atoms with Crippen LogP contribution in [0.2, 0.25) is 0 Å². The van der Waals surface area contributed by atoms with E-state index in [1.165, 1.54) is 0 Å². The number of fused-ring (bicyclic) bond motifs is 1. The van der Waals surface area contributed by atoms with Crippen LogP contribution in [0.25, 0.3) is 0 Å². The number of nitrogens with one attached hydrogen (secondary N) is 1. The molecule has 0 unspecified atom stereocenters. The Balaban J connectivity index is 1.39. The number of hydrogen-bond acceptors (Lipinski definition) is 6. The summed E-state index contributed by atoms with van der Waals surface area (Å²) < 4.78 is 0. The topological polar surface area (TPSA) is 67.2 Å². The molecule has 0 atom stereocenters. The van der Waals surface area contributed by atoms with Crippen molar-refractivity contribution in [3.8, 4) is 5.75 Å². The van der Waals surface area contributed by atoms with Crippen LogP contribution in [-0.4, -0.2) is 58.5 Å². The van der Waals surface area contributed by atoms with E-state index in [2.05, 4.69) is 36.8 Å². The van der Waals surface area contributed by atoms with Gasteiger partial charge >= 0.3 is 0 Å². The maximum atomic E-state index is 9.70. The highest BCUT2D eigenvalue weighted by Crippen LogP contribution is 2.28. The predicted octanol–water partition coefficient (Wildman–Crippen LogP) is 2.93. The van der Waals surface area contributed by atoms with Crippen LogP contribution >= 0.6 is 12.2 Å². The highest BCUT2D eigenvalue weighted by Gasteiger charge is 2.24. The van der Waals surface area contributed by atoms with E-state index in [4.69, 9.17) is 12.2 Å². The summed E-state index contributed by atoms with van der Waals surface area (Å²) in [7, 11) is 0. The predicted molar refractivity (Wildman–Crippen MR) is 125 cm³/mol. The zero-order valence-corrected chi connectivity index (χ0v) is 17.9. The number of pyridine rings is 1. The molecule has 1 saturated heterocycles. The molecular formula is C22H26N6OS. The van der Waals surface area contributed by atoms with Gasteiger partial charge in [-0.1, -0.05) is 12.6 Å². The molecule has 0 radical (unpaired) electrons. The number of hydrazone groups is 1. The Labute approximate surface area is 182 Å². The fourth-order valence-electron chi connectivity index (χ4n) is 3.84. The van der Waals surface area contributed by atoms with Crippen molar-refractivity contribution < 1.29 is 5.11 Å². The van der Waals surface area contributed by atoms with Crippen molar-refractivity contribution in [2.45, 2.75) is 13.3 Å². The Kier molecular flexibility index (Phi) is 5.85. The Morgan fingerprint density at radius 3 is 2.70 bits per heavy atom. The van der Waals surface area contributed by atoms with E-state index < -0.39 is 0 Å². The molecule has 0 bridgehead atoms. The van der Waals surface area contributed by atoms with Crippen LogP contribution in [0.5, 0.6) is 5.75 Å². The van der Waals surface area contributed by atoms with E-state index in [0.29, 0.717) is 5.11 Å². The molecule has 1 aromatic carbocycles. The molecule has 156 valence electrons. The first-order valence-corrected chi connectivity index (χ1v) is 10.5. The molecule has 0 aliphatic carbocycles. The highest BCUT2D eigenvalue weighted by molar-refractivity contribution is 7.80. The Morgan fingerprint density at radius 1 is 1.17 bits per heavy atom. The van der Waals surface area contributed by atoms with Gasteiger partial charge in [0, 0.05) is 62.8 Å². The number of nitrogens with zero attached hydrogens (tertiary/aromatic N) is 5. The zero-order valence-electron chi connectivity index (χ0n) is 17.1. The molecule has 8 heteroatoms. The molecule has 2 N–H and O–H groups in total. The van der Waals surface area contributed by atoms with Gasteiger partial charge in [0.2, 0.25) is 0 Å². The number of phenolic OH excluding ortho intramolecular Hbond substituents is 1. The minimum absolute atomic E-state index is 0.287. The van der Waals surface area contributed by atoms with Gasteiger partial charge in [-0.3, -0.25) is 10.4 Å². The molecule has 0 saturated carbocycles. The molecule has 1 fully saturated rings. The summed E-state index contributed by atoms with van der Waals surface area (Å²) in [4.78, 5) is 11.1. The van der Waals surface area contributed by atoms with Crippen molar-refractivity contribution in [3.63, 3.8) is 0 Å². The van der Waals surface area contributed by atoms with Crippen LogP contribution in [0.3, 0.4) is 0 Å². The van der Waals surface area contributed by atoms with Crippen molar-refractivity contribution in [2.24, 2.45) is 5.10 Å². The standard InChI is InChI=1S/C22H26N6OS/c1-16(2)28-10-8-19(21-20(28)7-4-9-23-21)24-25-22(30)27-13-11-26(12-14-27)17-5-3-6-18(29)15-17/h3-7,9,15,29H,1,8,10-14H2,2H3,(H,25,30)/b24-19-. The largest absolute Gasteiger partial charge is 0.508 e. The van der Waals surface area contributed by atoms with Gasteiger partial charge in [0.15, 0.2) is 5.11 Å². The fraction of sp³-hybridized carbons (Fsp3) is 0.318. The third kappa shape index (κ3) is 4.23. The first kappa shape index (κ1) is 20.2. The van der Waals surface area contributed by atoms with E-state index in [-0.39, 0.29) is 5.75 Å². The first-order chi connectivity index (χ1) is 14.5. The van der Waals surface area contributed by atoms with E-state index in [1.807, 2.05) is 31.2 Å². The van der Waals surface area contributed by atoms with Crippen LogP contribution < -0.4 is 15.2 Å². The molecule has 3 heterocycles. The lowest BCUT2D eigenvalue weighted by atomic mass is 10.0. The summed E-state index contributed by atoms with van der Waals surface area (Å²) in [6.07, 6.45) is 2.56. The summed E-state index contributed by atoms with van der Waals surface area (Å²) in [5.41, 5.74) is 7.91. The van der Waals surface area contributed by atoms with E-state index in [1.54, 1.807) is 18.3 Å². The average molecular weight is 423 g/mol. The second-order valence-electron chi connectivity index (χ2n) is 7.48. The van der Waals surface area contributed by atoms with Gasteiger partial charge in [-0.05, 0) is 43.4 Å².